The molecule has 3 rings (SSSR count). The van der Waals surface area contributed by atoms with Gasteiger partial charge < -0.3 is 10.1 Å². The van der Waals surface area contributed by atoms with Crippen LogP contribution in [0, 0.1) is 11.3 Å². The van der Waals surface area contributed by atoms with Gasteiger partial charge >= 0.3 is 0 Å². The Morgan fingerprint density at radius 2 is 1.56 bits per heavy atom. The third-order valence-corrected chi connectivity index (χ3v) is 3.85. The van der Waals surface area contributed by atoms with Crippen molar-refractivity contribution in [2.75, 3.05) is 5.32 Å². The second kappa shape index (κ2) is 9.02. The lowest BCUT2D eigenvalue weighted by atomic mass is 10.1. The van der Waals surface area contributed by atoms with Crippen LogP contribution in [0.2, 0.25) is 0 Å². The summed E-state index contributed by atoms with van der Waals surface area (Å²) in [6.07, 6.45) is 1.54. The lowest BCUT2D eigenvalue weighted by Gasteiger charge is -2.10. The van der Waals surface area contributed by atoms with Gasteiger partial charge in [-0.3, -0.25) is 4.79 Å². The summed E-state index contributed by atoms with van der Waals surface area (Å²) in [7, 11) is 0. The lowest BCUT2D eigenvalue weighted by molar-refractivity contribution is -0.112. The van der Waals surface area contributed by atoms with E-state index in [9.17, 15) is 10.1 Å². The smallest absolute Gasteiger partial charge is 0.266 e. The standard InChI is InChI=1S/C23H18N2O2/c24-16-20(23(26)25-21-12-5-2-6-13-21)15-19-11-7-8-14-22(19)27-17-18-9-3-1-4-10-18/h1-15H,17H2,(H,25,26)/b20-15+. The highest BCUT2D eigenvalue weighted by Crippen LogP contribution is 2.22. The third-order valence-electron chi connectivity index (χ3n) is 3.85. The van der Waals surface area contributed by atoms with Gasteiger partial charge in [-0.2, -0.15) is 5.26 Å². The SMILES string of the molecule is N#C/C(=C\c1ccccc1OCc1ccccc1)C(=O)Nc1ccccc1. The molecule has 0 spiro atoms. The number of amides is 1. The van der Waals surface area contributed by atoms with E-state index in [0.29, 0.717) is 23.6 Å². The van der Waals surface area contributed by atoms with Crippen molar-refractivity contribution in [3.05, 3.63) is 102 Å². The molecule has 4 nitrogen and oxygen atoms in total. The van der Waals surface area contributed by atoms with Crippen LogP contribution in [0.25, 0.3) is 6.08 Å². The number of benzene rings is 3. The summed E-state index contributed by atoms with van der Waals surface area (Å²) in [5.74, 6) is 0.156. The molecular formula is C23H18N2O2. The van der Waals surface area contributed by atoms with Crippen LogP contribution in [0.15, 0.2) is 90.5 Å². The molecule has 1 amide bonds. The van der Waals surface area contributed by atoms with E-state index in [1.807, 2.05) is 78.9 Å². The van der Waals surface area contributed by atoms with Gasteiger partial charge in [0.25, 0.3) is 5.91 Å². The summed E-state index contributed by atoms with van der Waals surface area (Å²) in [6, 6.07) is 28.1. The Bertz CT molecular complexity index is 974. The van der Waals surface area contributed by atoms with Crippen molar-refractivity contribution in [1.82, 2.24) is 0 Å². The maximum Gasteiger partial charge on any atom is 0.266 e. The molecule has 0 radical (unpaired) electrons. The first kappa shape index (κ1) is 18.0. The molecule has 132 valence electrons. The number of hydrogen-bond acceptors (Lipinski definition) is 3. The zero-order chi connectivity index (χ0) is 18.9. The van der Waals surface area contributed by atoms with Crippen molar-refractivity contribution in [2.45, 2.75) is 6.61 Å². The molecule has 3 aromatic carbocycles. The van der Waals surface area contributed by atoms with Crippen LogP contribution in [0.5, 0.6) is 5.75 Å². The molecular weight excluding hydrogens is 336 g/mol. The predicted octanol–water partition coefficient (Wildman–Crippen LogP) is 4.81. The molecule has 0 atom stereocenters. The van der Waals surface area contributed by atoms with Gasteiger partial charge in [0, 0.05) is 11.3 Å². The highest BCUT2D eigenvalue weighted by atomic mass is 16.5. The average Bonchev–Trinajstić information content (AvgIpc) is 2.72. The van der Waals surface area contributed by atoms with E-state index in [-0.39, 0.29) is 5.57 Å². The van der Waals surface area contributed by atoms with Gasteiger partial charge in [-0.1, -0.05) is 66.7 Å². The Balaban J connectivity index is 1.78. The summed E-state index contributed by atoms with van der Waals surface area (Å²) in [5.41, 5.74) is 2.36. The van der Waals surface area contributed by atoms with E-state index in [1.165, 1.54) is 0 Å². The molecule has 0 unspecified atom stereocenters. The van der Waals surface area contributed by atoms with Gasteiger partial charge in [-0.25, -0.2) is 0 Å². The molecule has 3 aromatic rings. The second-order valence-electron chi connectivity index (χ2n) is 5.80. The van der Waals surface area contributed by atoms with Crippen LogP contribution in [0.4, 0.5) is 5.69 Å². The summed E-state index contributed by atoms with van der Waals surface area (Å²) < 4.78 is 5.88. The lowest BCUT2D eigenvalue weighted by Crippen LogP contribution is -2.13. The summed E-state index contributed by atoms with van der Waals surface area (Å²) in [6.45, 7) is 0.407. The van der Waals surface area contributed by atoms with Crippen LogP contribution >= 0.6 is 0 Å². The van der Waals surface area contributed by atoms with Crippen LogP contribution in [-0.2, 0) is 11.4 Å². The monoisotopic (exact) mass is 354 g/mol. The number of carbonyl (C=O) groups excluding carboxylic acids is 1. The van der Waals surface area contributed by atoms with E-state index >= 15 is 0 Å². The van der Waals surface area contributed by atoms with Crippen LogP contribution in [0.1, 0.15) is 11.1 Å². The maximum atomic E-state index is 12.4. The molecule has 0 fully saturated rings. The molecule has 0 bridgehead atoms. The fourth-order valence-electron chi connectivity index (χ4n) is 2.49. The molecule has 4 heteroatoms. The highest BCUT2D eigenvalue weighted by molar-refractivity contribution is 6.09. The first-order valence-electron chi connectivity index (χ1n) is 8.50. The Hall–Kier alpha value is -3.84. The van der Waals surface area contributed by atoms with E-state index < -0.39 is 5.91 Å². The molecule has 0 saturated carbocycles. The number of ether oxygens (including phenoxy) is 1. The Morgan fingerprint density at radius 3 is 2.26 bits per heavy atom. The number of carbonyl (C=O) groups is 1. The summed E-state index contributed by atoms with van der Waals surface area (Å²) in [5, 5.41) is 12.1. The van der Waals surface area contributed by atoms with Crippen LogP contribution in [0.3, 0.4) is 0 Å². The van der Waals surface area contributed by atoms with Gasteiger partial charge in [0.15, 0.2) is 0 Å². The van der Waals surface area contributed by atoms with Crippen LogP contribution < -0.4 is 10.1 Å². The number of para-hydroxylation sites is 2. The van der Waals surface area contributed by atoms with Gasteiger partial charge in [0.05, 0.1) is 0 Å². The molecule has 0 aromatic heterocycles. The molecule has 0 aliphatic carbocycles. The van der Waals surface area contributed by atoms with Crippen molar-refractivity contribution in [3.8, 4) is 11.8 Å². The Kier molecular flexibility index (Phi) is 6.00. The molecule has 1 N–H and O–H groups in total. The number of anilines is 1. The molecule has 0 aliphatic rings. The van der Waals surface area contributed by atoms with E-state index in [1.54, 1.807) is 18.2 Å². The largest absolute Gasteiger partial charge is 0.488 e. The second-order valence-corrected chi connectivity index (χ2v) is 5.80. The summed E-state index contributed by atoms with van der Waals surface area (Å²) >= 11 is 0. The average molecular weight is 354 g/mol. The number of hydrogen-bond donors (Lipinski definition) is 1. The van der Waals surface area contributed by atoms with E-state index in [2.05, 4.69) is 5.32 Å². The fraction of sp³-hybridized carbons (Fsp3) is 0.0435. The highest BCUT2D eigenvalue weighted by Gasteiger charge is 2.11. The normalized spacial score (nSPS) is 10.7. The van der Waals surface area contributed by atoms with Gasteiger partial charge in [0.1, 0.15) is 24.0 Å². The van der Waals surface area contributed by atoms with E-state index in [4.69, 9.17) is 4.74 Å². The topological polar surface area (TPSA) is 62.1 Å². The molecule has 0 saturated heterocycles. The third kappa shape index (κ3) is 5.07. The van der Waals surface area contributed by atoms with Crippen molar-refractivity contribution in [3.63, 3.8) is 0 Å². The van der Waals surface area contributed by atoms with Crippen molar-refractivity contribution in [2.24, 2.45) is 0 Å². The van der Waals surface area contributed by atoms with Crippen molar-refractivity contribution < 1.29 is 9.53 Å². The minimum Gasteiger partial charge on any atom is -0.488 e. The molecule has 0 heterocycles. The molecule has 0 aliphatic heterocycles. The number of nitrogens with zero attached hydrogens (tertiary/aromatic N) is 1. The number of nitrogens with one attached hydrogen (secondary N) is 1. The Morgan fingerprint density at radius 1 is 0.926 bits per heavy atom. The van der Waals surface area contributed by atoms with Crippen molar-refractivity contribution in [1.29, 1.82) is 5.26 Å². The quantitative estimate of drug-likeness (QED) is 0.510. The predicted molar refractivity (Wildman–Crippen MR) is 106 cm³/mol. The Labute approximate surface area is 158 Å². The van der Waals surface area contributed by atoms with Gasteiger partial charge in [-0.15, -0.1) is 0 Å². The first-order valence-corrected chi connectivity index (χ1v) is 8.50. The minimum atomic E-state index is -0.457. The first-order chi connectivity index (χ1) is 13.3. The zero-order valence-electron chi connectivity index (χ0n) is 14.6. The fourth-order valence-corrected chi connectivity index (χ4v) is 2.49. The zero-order valence-corrected chi connectivity index (χ0v) is 14.6. The molecule has 27 heavy (non-hydrogen) atoms. The number of rotatable bonds is 6. The maximum absolute atomic E-state index is 12.4. The van der Waals surface area contributed by atoms with Crippen LogP contribution in [-0.4, -0.2) is 5.91 Å². The van der Waals surface area contributed by atoms with Gasteiger partial charge in [0.2, 0.25) is 0 Å². The number of nitriles is 1. The van der Waals surface area contributed by atoms with E-state index in [0.717, 1.165) is 5.56 Å². The minimum absolute atomic E-state index is 0.00890. The summed E-state index contributed by atoms with van der Waals surface area (Å²) in [4.78, 5) is 12.4. The van der Waals surface area contributed by atoms with Gasteiger partial charge in [-0.05, 0) is 29.8 Å². The van der Waals surface area contributed by atoms with Crippen molar-refractivity contribution >= 4 is 17.7 Å².